The Labute approximate surface area is 158 Å². The third-order valence-electron chi connectivity index (χ3n) is 3.38. The van der Waals surface area contributed by atoms with Gasteiger partial charge in [-0.05, 0) is 23.8 Å². The van der Waals surface area contributed by atoms with E-state index in [0.717, 1.165) is 18.2 Å². The van der Waals surface area contributed by atoms with E-state index in [2.05, 4.69) is 4.72 Å². The fourth-order valence-electron chi connectivity index (χ4n) is 2.20. The first kappa shape index (κ1) is 20.1. The Kier molecular flexibility index (Phi) is 6.19. The molecule has 8 nitrogen and oxygen atoms in total. The van der Waals surface area contributed by atoms with E-state index < -0.39 is 44.0 Å². The van der Waals surface area contributed by atoms with Gasteiger partial charge in [-0.1, -0.05) is 41.4 Å². The molecular formula is C15H12Cl2N2O6S. The zero-order valence-electron chi connectivity index (χ0n) is 12.9. The molecule has 0 aliphatic heterocycles. The predicted molar refractivity (Wildman–Crippen MR) is 94.9 cm³/mol. The molecule has 0 fully saturated rings. The molecular weight excluding hydrogens is 407 g/mol. The molecule has 0 aliphatic rings. The Morgan fingerprint density at radius 3 is 2.42 bits per heavy atom. The largest absolute Gasteiger partial charge is 0.481 e. The third kappa shape index (κ3) is 4.70. The van der Waals surface area contributed by atoms with Crippen LogP contribution in [-0.2, 0) is 14.8 Å². The van der Waals surface area contributed by atoms with Crippen LogP contribution >= 0.6 is 23.2 Å². The van der Waals surface area contributed by atoms with Crippen LogP contribution in [0.25, 0.3) is 0 Å². The number of hydrogen-bond donors (Lipinski definition) is 2. The van der Waals surface area contributed by atoms with Gasteiger partial charge in [0.05, 0.1) is 22.3 Å². The van der Waals surface area contributed by atoms with E-state index in [1.54, 1.807) is 12.1 Å². The summed E-state index contributed by atoms with van der Waals surface area (Å²) in [4.78, 5) is 20.8. The normalized spacial score (nSPS) is 12.5. The highest BCUT2D eigenvalue weighted by Gasteiger charge is 2.27. The number of hydrogen-bond acceptors (Lipinski definition) is 5. The van der Waals surface area contributed by atoms with Gasteiger partial charge in [-0.15, -0.1) is 0 Å². The number of carbonyl (C=O) groups is 1. The van der Waals surface area contributed by atoms with Crippen LogP contribution in [0.3, 0.4) is 0 Å². The summed E-state index contributed by atoms with van der Waals surface area (Å²) in [6, 6.07) is 7.97. The lowest BCUT2D eigenvalue weighted by Crippen LogP contribution is -2.30. The number of halogens is 2. The maximum atomic E-state index is 12.6. The summed E-state index contributed by atoms with van der Waals surface area (Å²) in [5.41, 5.74) is -0.314. The fraction of sp³-hybridized carbons (Fsp3) is 0.133. The van der Waals surface area contributed by atoms with Gasteiger partial charge in [-0.25, -0.2) is 13.1 Å². The van der Waals surface area contributed by atoms with Crippen molar-refractivity contribution >= 4 is 44.9 Å². The number of nitrogens with one attached hydrogen (secondary N) is 1. The molecule has 0 amide bonds. The highest BCUT2D eigenvalue weighted by molar-refractivity contribution is 7.89. The number of rotatable bonds is 7. The predicted octanol–water partition coefficient (Wildman–Crippen LogP) is 3.40. The smallest absolute Gasteiger partial charge is 0.305 e. The first-order valence-electron chi connectivity index (χ1n) is 7.04. The first-order valence-corrected chi connectivity index (χ1v) is 9.28. The van der Waals surface area contributed by atoms with Gasteiger partial charge in [-0.3, -0.25) is 14.9 Å². The van der Waals surface area contributed by atoms with E-state index in [1.807, 2.05) is 0 Å². The highest BCUT2D eigenvalue weighted by Crippen LogP contribution is 2.30. The van der Waals surface area contributed by atoms with Crippen LogP contribution in [0.2, 0.25) is 10.0 Å². The van der Waals surface area contributed by atoms with Crippen molar-refractivity contribution in [3.63, 3.8) is 0 Å². The molecule has 2 aromatic rings. The van der Waals surface area contributed by atoms with Crippen LogP contribution in [0.1, 0.15) is 18.0 Å². The topological polar surface area (TPSA) is 127 Å². The van der Waals surface area contributed by atoms with Crippen LogP contribution in [0, 0.1) is 10.1 Å². The van der Waals surface area contributed by atoms with Gasteiger partial charge in [0.2, 0.25) is 10.0 Å². The monoisotopic (exact) mass is 418 g/mol. The number of nitro benzene ring substituents is 1. The molecule has 2 rings (SSSR count). The van der Waals surface area contributed by atoms with Gasteiger partial charge in [-0.2, -0.15) is 0 Å². The van der Waals surface area contributed by atoms with E-state index in [-0.39, 0.29) is 15.6 Å². The van der Waals surface area contributed by atoms with Gasteiger partial charge >= 0.3 is 5.97 Å². The number of benzene rings is 2. The van der Waals surface area contributed by atoms with Crippen molar-refractivity contribution in [2.45, 2.75) is 17.4 Å². The summed E-state index contributed by atoms with van der Waals surface area (Å²) < 4.78 is 27.4. The Bertz CT molecular complexity index is 964. The van der Waals surface area contributed by atoms with E-state index in [4.69, 9.17) is 28.3 Å². The van der Waals surface area contributed by atoms with Gasteiger partial charge in [0, 0.05) is 11.1 Å². The second kappa shape index (κ2) is 8.00. The van der Waals surface area contributed by atoms with Crippen molar-refractivity contribution in [2.75, 3.05) is 0 Å². The van der Waals surface area contributed by atoms with Crippen LogP contribution in [0.5, 0.6) is 0 Å². The molecule has 2 aromatic carbocycles. The van der Waals surface area contributed by atoms with Crippen molar-refractivity contribution in [3.8, 4) is 0 Å². The molecule has 138 valence electrons. The van der Waals surface area contributed by atoms with Crippen molar-refractivity contribution < 1.29 is 23.2 Å². The van der Waals surface area contributed by atoms with Crippen molar-refractivity contribution in [2.24, 2.45) is 0 Å². The molecule has 0 heterocycles. The molecule has 1 unspecified atom stereocenters. The zero-order valence-corrected chi connectivity index (χ0v) is 15.3. The molecule has 0 spiro atoms. The zero-order chi connectivity index (χ0) is 19.5. The van der Waals surface area contributed by atoms with Crippen LogP contribution < -0.4 is 4.72 Å². The summed E-state index contributed by atoms with van der Waals surface area (Å²) in [6.07, 6.45) is -0.571. The summed E-state index contributed by atoms with van der Waals surface area (Å²) in [6.45, 7) is 0. The molecule has 0 bridgehead atoms. The Balaban J connectivity index is 2.44. The molecule has 11 heteroatoms. The lowest BCUT2D eigenvalue weighted by Gasteiger charge is -2.18. The Hall–Kier alpha value is -2.20. The van der Waals surface area contributed by atoms with Gasteiger partial charge in [0.1, 0.15) is 5.02 Å². The van der Waals surface area contributed by atoms with E-state index >= 15 is 0 Å². The number of carboxylic acid groups (broad SMARTS) is 1. The second-order valence-electron chi connectivity index (χ2n) is 5.16. The van der Waals surface area contributed by atoms with E-state index in [9.17, 15) is 23.3 Å². The van der Waals surface area contributed by atoms with Crippen molar-refractivity contribution in [3.05, 3.63) is 68.2 Å². The SMILES string of the molecule is O=C(O)CC(NS(=O)(=O)c1ccc(Cl)c([N+](=O)[O-])c1)c1ccccc1Cl. The van der Waals surface area contributed by atoms with Gasteiger partial charge in [0.25, 0.3) is 5.69 Å². The molecule has 0 radical (unpaired) electrons. The lowest BCUT2D eigenvalue weighted by molar-refractivity contribution is -0.384. The standard InChI is InChI=1S/C15H12Cl2N2O6S/c16-11-4-2-1-3-10(11)13(8-15(20)21)18-26(24,25)9-5-6-12(17)14(7-9)19(22)23/h1-7,13,18H,8H2,(H,20,21). The van der Waals surface area contributed by atoms with Gasteiger partial charge in [0.15, 0.2) is 0 Å². The molecule has 0 aromatic heterocycles. The number of nitrogens with zero attached hydrogens (tertiary/aromatic N) is 1. The molecule has 26 heavy (non-hydrogen) atoms. The van der Waals surface area contributed by atoms with Crippen LogP contribution in [0.15, 0.2) is 47.4 Å². The maximum absolute atomic E-state index is 12.6. The minimum atomic E-state index is -4.28. The Morgan fingerprint density at radius 1 is 1.19 bits per heavy atom. The number of carboxylic acids is 1. The summed E-state index contributed by atoms with van der Waals surface area (Å²) in [5, 5.41) is 20.0. The molecule has 0 saturated heterocycles. The minimum Gasteiger partial charge on any atom is -0.481 e. The fourth-order valence-corrected chi connectivity index (χ4v) is 3.89. The van der Waals surface area contributed by atoms with Crippen molar-refractivity contribution in [1.29, 1.82) is 0 Å². The average molecular weight is 419 g/mol. The first-order chi connectivity index (χ1) is 12.1. The number of nitro groups is 1. The lowest BCUT2D eigenvalue weighted by atomic mass is 10.1. The molecule has 0 saturated carbocycles. The maximum Gasteiger partial charge on any atom is 0.305 e. The Morgan fingerprint density at radius 2 is 1.85 bits per heavy atom. The number of aliphatic carboxylic acids is 1. The van der Waals surface area contributed by atoms with E-state index in [1.165, 1.54) is 12.1 Å². The second-order valence-corrected chi connectivity index (χ2v) is 7.69. The van der Waals surface area contributed by atoms with Crippen LogP contribution in [-0.4, -0.2) is 24.4 Å². The van der Waals surface area contributed by atoms with Crippen LogP contribution in [0.4, 0.5) is 5.69 Å². The molecule has 0 aliphatic carbocycles. The quantitative estimate of drug-likeness (QED) is 0.523. The highest BCUT2D eigenvalue weighted by atomic mass is 35.5. The summed E-state index contributed by atoms with van der Waals surface area (Å²) >= 11 is 11.7. The third-order valence-corrected chi connectivity index (χ3v) is 5.51. The number of sulfonamides is 1. The van der Waals surface area contributed by atoms with Gasteiger partial charge < -0.3 is 5.11 Å². The minimum absolute atomic E-state index is 0.184. The molecule has 1 atom stereocenters. The van der Waals surface area contributed by atoms with E-state index in [0.29, 0.717) is 0 Å². The molecule has 2 N–H and O–H groups in total. The van der Waals surface area contributed by atoms with Crippen molar-refractivity contribution in [1.82, 2.24) is 4.72 Å². The average Bonchev–Trinajstić information content (AvgIpc) is 2.54. The summed E-state index contributed by atoms with van der Waals surface area (Å²) in [5.74, 6) is -1.25. The summed E-state index contributed by atoms with van der Waals surface area (Å²) in [7, 11) is -4.28.